The first-order valence-electron chi connectivity index (χ1n) is 13.3. The van der Waals surface area contributed by atoms with Gasteiger partial charge in [0.2, 0.25) is 11.8 Å². The SMILES string of the molecule is CCC(C)c1cc(-c2scnc2C)ccc1CNC(=O)C1CCCN1C(=O)[C@H](c1cc(C)no1)C(C)C. The number of likely N-dealkylation sites (tertiary alicyclic amines) is 1. The van der Waals surface area contributed by atoms with Crippen LogP contribution < -0.4 is 5.32 Å². The zero-order valence-electron chi connectivity index (χ0n) is 22.7. The van der Waals surface area contributed by atoms with Crippen molar-refractivity contribution in [3.05, 3.63) is 58.1 Å². The zero-order valence-corrected chi connectivity index (χ0v) is 23.5. The molecule has 0 saturated carbocycles. The molecular weight excluding hydrogens is 484 g/mol. The summed E-state index contributed by atoms with van der Waals surface area (Å²) in [7, 11) is 0. The lowest BCUT2D eigenvalue weighted by molar-refractivity contribution is -0.140. The number of nitrogens with zero attached hydrogens (tertiary/aromatic N) is 3. The molecule has 3 heterocycles. The lowest BCUT2D eigenvalue weighted by Crippen LogP contribution is -2.47. The smallest absolute Gasteiger partial charge is 0.243 e. The van der Waals surface area contributed by atoms with E-state index in [9.17, 15) is 9.59 Å². The summed E-state index contributed by atoms with van der Waals surface area (Å²) in [6.07, 6.45) is 2.49. The molecule has 37 heavy (non-hydrogen) atoms. The van der Waals surface area contributed by atoms with Crippen LogP contribution >= 0.6 is 11.3 Å². The third kappa shape index (κ3) is 5.79. The van der Waals surface area contributed by atoms with Crippen LogP contribution in [0.3, 0.4) is 0 Å². The van der Waals surface area contributed by atoms with Gasteiger partial charge in [0.1, 0.15) is 17.7 Å². The minimum Gasteiger partial charge on any atom is -0.360 e. The maximum Gasteiger partial charge on any atom is 0.243 e. The van der Waals surface area contributed by atoms with E-state index in [-0.39, 0.29) is 17.7 Å². The highest BCUT2D eigenvalue weighted by atomic mass is 32.1. The standard InChI is InChI=1S/C29H38N4O3S/c1-7-18(4)23-14-21(27-20(6)31-16-37-27)10-11-22(23)15-30-28(34)24-9-8-12-33(24)29(35)26(17(2)3)25-13-19(5)32-36-25/h10-11,13-14,16-18,24,26H,7-9,12,15H2,1-6H3,(H,30,34)/t18?,24?,26-/m0/s1. The summed E-state index contributed by atoms with van der Waals surface area (Å²) in [4.78, 5) is 34.3. The first-order valence-corrected chi connectivity index (χ1v) is 14.1. The second kappa shape index (κ2) is 11.6. The van der Waals surface area contributed by atoms with E-state index in [1.165, 1.54) is 16.0 Å². The Hall–Kier alpha value is -3.00. The number of carbonyl (C=O) groups is 2. The first-order chi connectivity index (χ1) is 17.7. The molecule has 7 nitrogen and oxygen atoms in total. The molecule has 3 atom stereocenters. The number of nitrogens with one attached hydrogen (secondary N) is 1. The maximum atomic E-state index is 13.6. The molecule has 1 N–H and O–H groups in total. The number of rotatable bonds is 9. The second-order valence-electron chi connectivity index (χ2n) is 10.5. The van der Waals surface area contributed by atoms with E-state index in [0.29, 0.717) is 31.2 Å². The molecule has 0 bridgehead atoms. The van der Waals surface area contributed by atoms with E-state index in [1.54, 1.807) is 16.2 Å². The van der Waals surface area contributed by atoms with Gasteiger partial charge in [-0.1, -0.05) is 45.0 Å². The molecule has 0 radical (unpaired) electrons. The molecule has 3 aromatic rings. The van der Waals surface area contributed by atoms with Crippen molar-refractivity contribution >= 4 is 23.2 Å². The number of hydrogen-bond donors (Lipinski definition) is 1. The van der Waals surface area contributed by atoms with Gasteiger partial charge in [-0.05, 0) is 67.7 Å². The summed E-state index contributed by atoms with van der Waals surface area (Å²) >= 11 is 1.65. The van der Waals surface area contributed by atoms with Crippen molar-refractivity contribution in [2.24, 2.45) is 5.92 Å². The number of amides is 2. The lowest BCUT2D eigenvalue weighted by Gasteiger charge is -2.29. The fourth-order valence-corrected chi connectivity index (χ4v) is 6.00. The van der Waals surface area contributed by atoms with Crippen molar-refractivity contribution in [1.82, 2.24) is 20.4 Å². The number of benzene rings is 1. The van der Waals surface area contributed by atoms with Crippen molar-refractivity contribution in [2.45, 2.75) is 85.2 Å². The Kier molecular flexibility index (Phi) is 8.47. The van der Waals surface area contributed by atoms with Crippen LogP contribution in [0.2, 0.25) is 0 Å². The first kappa shape index (κ1) is 27.0. The van der Waals surface area contributed by atoms with Crippen LogP contribution in [-0.2, 0) is 16.1 Å². The van der Waals surface area contributed by atoms with Crippen molar-refractivity contribution in [3.8, 4) is 10.4 Å². The molecule has 1 aromatic carbocycles. The largest absolute Gasteiger partial charge is 0.360 e. The number of aryl methyl sites for hydroxylation is 2. The Morgan fingerprint density at radius 1 is 1.22 bits per heavy atom. The molecule has 198 valence electrons. The highest BCUT2D eigenvalue weighted by molar-refractivity contribution is 7.13. The van der Waals surface area contributed by atoms with Gasteiger partial charge in [0.15, 0.2) is 0 Å². The average Bonchev–Trinajstić information content (AvgIpc) is 3.63. The summed E-state index contributed by atoms with van der Waals surface area (Å²) in [6, 6.07) is 7.83. The molecule has 2 unspecified atom stereocenters. The Bertz CT molecular complexity index is 1250. The van der Waals surface area contributed by atoms with Crippen LogP contribution in [0.4, 0.5) is 0 Å². The Morgan fingerprint density at radius 3 is 2.62 bits per heavy atom. The number of hydrogen-bond acceptors (Lipinski definition) is 6. The van der Waals surface area contributed by atoms with Crippen molar-refractivity contribution in [2.75, 3.05) is 6.54 Å². The fourth-order valence-electron chi connectivity index (χ4n) is 5.20. The van der Waals surface area contributed by atoms with Crippen LogP contribution in [0, 0.1) is 19.8 Å². The van der Waals surface area contributed by atoms with Crippen LogP contribution in [-0.4, -0.2) is 39.4 Å². The molecule has 1 fully saturated rings. The van der Waals surface area contributed by atoms with Crippen LogP contribution in [0.15, 0.2) is 34.3 Å². The topological polar surface area (TPSA) is 88.3 Å². The number of thiazole rings is 1. The van der Waals surface area contributed by atoms with Crippen LogP contribution in [0.25, 0.3) is 10.4 Å². The monoisotopic (exact) mass is 522 g/mol. The van der Waals surface area contributed by atoms with Gasteiger partial charge >= 0.3 is 0 Å². The third-order valence-corrected chi connectivity index (χ3v) is 8.45. The van der Waals surface area contributed by atoms with Gasteiger partial charge in [-0.3, -0.25) is 9.59 Å². The number of aromatic nitrogens is 2. The van der Waals surface area contributed by atoms with E-state index in [4.69, 9.17) is 4.52 Å². The molecular formula is C29H38N4O3S. The molecule has 8 heteroatoms. The summed E-state index contributed by atoms with van der Waals surface area (Å²) in [5.74, 6) is 0.352. The van der Waals surface area contributed by atoms with E-state index >= 15 is 0 Å². The highest BCUT2D eigenvalue weighted by Crippen LogP contribution is 2.33. The van der Waals surface area contributed by atoms with Gasteiger partial charge in [-0.25, -0.2) is 4.98 Å². The molecule has 0 aliphatic carbocycles. The number of carbonyl (C=O) groups excluding carboxylic acids is 2. The van der Waals surface area contributed by atoms with Crippen molar-refractivity contribution in [1.29, 1.82) is 0 Å². The van der Waals surface area contributed by atoms with Gasteiger partial charge in [-0.2, -0.15) is 0 Å². The minimum absolute atomic E-state index is 0.0305. The predicted molar refractivity (Wildman–Crippen MR) is 146 cm³/mol. The molecule has 2 aromatic heterocycles. The Labute approximate surface area is 223 Å². The molecule has 0 spiro atoms. The quantitative estimate of drug-likeness (QED) is 0.374. The predicted octanol–water partition coefficient (Wildman–Crippen LogP) is 5.98. The second-order valence-corrected chi connectivity index (χ2v) is 11.3. The van der Waals surface area contributed by atoms with Gasteiger partial charge in [-0.15, -0.1) is 11.3 Å². The normalized spacial score (nSPS) is 17.3. The van der Waals surface area contributed by atoms with Crippen LogP contribution in [0.5, 0.6) is 0 Å². The van der Waals surface area contributed by atoms with Crippen molar-refractivity contribution in [3.63, 3.8) is 0 Å². The summed E-state index contributed by atoms with van der Waals surface area (Å²) in [5.41, 5.74) is 7.18. The highest BCUT2D eigenvalue weighted by Gasteiger charge is 2.40. The molecule has 1 saturated heterocycles. The van der Waals surface area contributed by atoms with E-state index in [0.717, 1.165) is 29.8 Å². The van der Waals surface area contributed by atoms with Gasteiger partial charge in [0.25, 0.3) is 0 Å². The average molecular weight is 523 g/mol. The summed E-state index contributed by atoms with van der Waals surface area (Å²) in [5, 5.41) is 7.12. The summed E-state index contributed by atoms with van der Waals surface area (Å²) in [6.45, 7) is 13.3. The Balaban J connectivity index is 1.50. The maximum absolute atomic E-state index is 13.6. The minimum atomic E-state index is -0.469. The van der Waals surface area contributed by atoms with Gasteiger partial charge in [0, 0.05) is 19.2 Å². The van der Waals surface area contributed by atoms with E-state index < -0.39 is 12.0 Å². The lowest BCUT2D eigenvalue weighted by atomic mass is 9.91. The van der Waals surface area contributed by atoms with E-state index in [2.05, 4.69) is 47.5 Å². The summed E-state index contributed by atoms with van der Waals surface area (Å²) < 4.78 is 5.46. The zero-order chi connectivity index (χ0) is 26.7. The van der Waals surface area contributed by atoms with E-state index in [1.807, 2.05) is 39.3 Å². The third-order valence-electron chi connectivity index (χ3n) is 7.47. The van der Waals surface area contributed by atoms with Gasteiger partial charge in [0.05, 0.1) is 21.8 Å². The molecule has 4 rings (SSSR count). The fraction of sp³-hybridized carbons (Fsp3) is 0.517. The molecule has 2 amide bonds. The Morgan fingerprint density at radius 2 is 2.00 bits per heavy atom. The van der Waals surface area contributed by atoms with Crippen molar-refractivity contribution < 1.29 is 14.1 Å². The van der Waals surface area contributed by atoms with Crippen LogP contribution in [0.1, 0.15) is 87.1 Å². The van der Waals surface area contributed by atoms with Gasteiger partial charge < -0.3 is 14.7 Å². The molecule has 1 aliphatic rings. The molecule has 1 aliphatic heterocycles.